The van der Waals surface area contributed by atoms with Crippen LogP contribution in [-0.4, -0.2) is 32.0 Å². The van der Waals surface area contributed by atoms with Crippen LogP contribution in [0.3, 0.4) is 0 Å². The molecular weight excluding hydrogens is 304 g/mol. The fraction of sp³-hybridized carbons (Fsp3) is 0.562. The van der Waals surface area contributed by atoms with Gasteiger partial charge in [0.1, 0.15) is 5.75 Å². The van der Waals surface area contributed by atoms with Gasteiger partial charge in [0.2, 0.25) is 0 Å². The van der Waals surface area contributed by atoms with Gasteiger partial charge in [-0.1, -0.05) is 24.9 Å². The topological polar surface area (TPSA) is 59.6 Å². The van der Waals surface area contributed by atoms with Gasteiger partial charge in [-0.15, -0.1) is 0 Å². The second-order valence-electron chi connectivity index (χ2n) is 4.93. The normalized spacial score (nSPS) is 11.8. The molecule has 1 unspecified atom stereocenters. The van der Waals surface area contributed by atoms with Gasteiger partial charge in [0.25, 0.3) is 0 Å². The molecule has 6 heteroatoms. The van der Waals surface area contributed by atoms with Crippen LogP contribution < -0.4 is 15.4 Å². The van der Waals surface area contributed by atoms with Crippen molar-refractivity contribution in [2.45, 2.75) is 39.3 Å². The zero-order valence-corrected chi connectivity index (χ0v) is 14.0. The highest BCUT2D eigenvalue weighted by atomic mass is 35.5. The lowest BCUT2D eigenvalue weighted by Gasteiger charge is -2.16. The number of hydrogen-bond donors (Lipinski definition) is 2. The second-order valence-corrected chi connectivity index (χ2v) is 5.37. The summed E-state index contributed by atoms with van der Waals surface area (Å²) in [7, 11) is 0. The number of ether oxygens (including phenoxy) is 2. The zero-order chi connectivity index (χ0) is 16.2. The van der Waals surface area contributed by atoms with E-state index >= 15 is 0 Å². The van der Waals surface area contributed by atoms with Gasteiger partial charge in [0, 0.05) is 24.8 Å². The van der Waals surface area contributed by atoms with E-state index < -0.39 is 6.23 Å². The van der Waals surface area contributed by atoms with E-state index in [9.17, 15) is 4.79 Å². The van der Waals surface area contributed by atoms with Crippen molar-refractivity contribution in [2.24, 2.45) is 0 Å². The van der Waals surface area contributed by atoms with E-state index in [1.165, 1.54) is 0 Å². The molecule has 0 radical (unpaired) electrons. The van der Waals surface area contributed by atoms with Gasteiger partial charge in [-0.3, -0.25) is 0 Å². The van der Waals surface area contributed by atoms with E-state index in [4.69, 9.17) is 21.1 Å². The third-order valence-electron chi connectivity index (χ3n) is 2.85. The van der Waals surface area contributed by atoms with Crippen LogP contribution in [0.4, 0.5) is 4.79 Å². The van der Waals surface area contributed by atoms with Crippen LogP contribution in [-0.2, 0) is 4.74 Å². The molecule has 0 spiro atoms. The molecule has 124 valence electrons. The predicted molar refractivity (Wildman–Crippen MR) is 88.4 cm³/mol. The number of benzene rings is 1. The molecule has 5 nitrogen and oxygen atoms in total. The molecule has 0 heterocycles. The molecule has 0 aliphatic heterocycles. The van der Waals surface area contributed by atoms with Gasteiger partial charge in [0.05, 0.1) is 0 Å². The van der Waals surface area contributed by atoms with E-state index in [1.807, 2.05) is 0 Å². The van der Waals surface area contributed by atoms with Gasteiger partial charge in [-0.05, 0) is 44.0 Å². The first-order valence-electron chi connectivity index (χ1n) is 7.66. The maximum absolute atomic E-state index is 11.7. The third-order valence-corrected chi connectivity index (χ3v) is 3.11. The molecule has 1 aromatic rings. The standard InChI is InChI=1S/C16H25ClN2O3/c1-3-4-11-21-12-5-10-18-16(20)19-13(2)22-15-8-6-14(17)7-9-15/h6-9,13H,3-5,10-12H2,1-2H3,(H2,18,19,20). The summed E-state index contributed by atoms with van der Waals surface area (Å²) in [6.45, 7) is 5.92. The summed E-state index contributed by atoms with van der Waals surface area (Å²) >= 11 is 5.80. The van der Waals surface area contributed by atoms with Crippen LogP contribution in [0.2, 0.25) is 5.02 Å². The molecule has 0 aliphatic rings. The number of urea groups is 1. The zero-order valence-electron chi connectivity index (χ0n) is 13.2. The van der Waals surface area contributed by atoms with Crippen molar-refractivity contribution in [3.63, 3.8) is 0 Å². The predicted octanol–water partition coefficient (Wildman–Crippen LogP) is 3.57. The highest BCUT2D eigenvalue weighted by molar-refractivity contribution is 6.30. The fourth-order valence-corrected chi connectivity index (χ4v) is 1.83. The monoisotopic (exact) mass is 328 g/mol. The van der Waals surface area contributed by atoms with E-state index in [-0.39, 0.29) is 6.03 Å². The van der Waals surface area contributed by atoms with Crippen molar-refractivity contribution >= 4 is 17.6 Å². The van der Waals surface area contributed by atoms with E-state index in [2.05, 4.69) is 17.6 Å². The lowest BCUT2D eigenvalue weighted by atomic mass is 10.3. The summed E-state index contributed by atoms with van der Waals surface area (Å²) in [6.07, 6.45) is 2.57. The van der Waals surface area contributed by atoms with Crippen LogP contribution in [0.5, 0.6) is 5.75 Å². The minimum Gasteiger partial charge on any atom is -0.471 e. The lowest BCUT2D eigenvalue weighted by molar-refractivity contribution is 0.128. The summed E-state index contributed by atoms with van der Waals surface area (Å²) in [5, 5.41) is 6.12. The summed E-state index contributed by atoms with van der Waals surface area (Å²) in [5.74, 6) is 0.654. The largest absolute Gasteiger partial charge is 0.471 e. The molecule has 2 amide bonds. The van der Waals surface area contributed by atoms with E-state index in [0.717, 1.165) is 25.9 Å². The number of unbranched alkanes of at least 4 members (excludes halogenated alkanes) is 1. The highest BCUT2D eigenvalue weighted by Gasteiger charge is 2.07. The van der Waals surface area contributed by atoms with Crippen LogP contribution in [0.1, 0.15) is 33.1 Å². The fourth-order valence-electron chi connectivity index (χ4n) is 1.71. The Morgan fingerprint density at radius 3 is 2.59 bits per heavy atom. The van der Waals surface area contributed by atoms with Gasteiger partial charge < -0.3 is 20.1 Å². The first-order valence-corrected chi connectivity index (χ1v) is 8.04. The van der Waals surface area contributed by atoms with Gasteiger partial charge in [0.15, 0.2) is 6.23 Å². The first-order chi connectivity index (χ1) is 10.6. The van der Waals surface area contributed by atoms with Crippen molar-refractivity contribution in [3.05, 3.63) is 29.3 Å². The van der Waals surface area contributed by atoms with Gasteiger partial charge in [-0.25, -0.2) is 4.79 Å². The third kappa shape index (κ3) is 8.74. The molecule has 0 aromatic heterocycles. The summed E-state index contributed by atoms with van der Waals surface area (Å²) in [6, 6.07) is 6.73. The first kappa shape index (κ1) is 18.6. The van der Waals surface area contributed by atoms with Crippen LogP contribution in [0, 0.1) is 0 Å². The minimum absolute atomic E-state index is 0.255. The Morgan fingerprint density at radius 2 is 1.91 bits per heavy atom. The Labute approximate surface area is 137 Å². The second kappa shape index (κ2) is 11.2. The molecular formula is C16H25ClN2O3. The van der Waals surface area contributed by atoms with Crippen molar-refractivity contribution in [3.8, 4) is 5.75 Å². The Hall–Kier alpha value is -1.46. The molecule has 2 N–H and O–H groups in total. The van der Waals surface area contributed by atoms with E-state index in [1.54, 1.807) is 31.2 Å². The molecule has 1 aromatic carbocycles. The average molecular weight is 329 g/mol. The Balaban J connectivity index is 2.09. The Morgan fingerprint density at radius 1 is 1.23 bits per heavy atom. The molecule has 0 fully saturated rings. The van der Waals surface area contributed by atoms with E-state index in [0.29, 0.717) is 23.9 Å². The molecule has 1 rings (SSSR count). The van der Waals surface area contributed by atoms with Gasteiger partial charge in [-0.2, -0.15) is 0 Å². The molecule has 0 bridgehead atoms. The summed E-state index contributed by atoms with van der Waals surface area (Å²) in [5.41, 5.74) is 0. The van der Waals surface area contributed by atoms with Crippen molar-refractivity contribution in [2.75, 3.05) is 19.8 Å². The van der Waals surface area contributed by atoms with Crippen molar-refractivity contribution < 1.29 is 14.3 Å². The number of amides is 2. The summed E-state index contributed by atoms with van der Waals surface area (Å²) in [4.78, 5) is 11.7. The Bertz CT molecular complexity index is 426. The number of nitrogens with one attached hydrogen (secondary N) is 2. The SMILES string of the molecule is CCCCOCCCNC(=O)NC(C)Oc1ccc(Cl)cc1. The van der Waals surface area contributed by atoms with Crippen molar-refractivity contribution in [1.82, 2.24) is 10.6 Å². The van der Waals surface area contributed by atoms with Gasteiger partial charge >= 0.3 is 6.03 Å². The maximum atomic E-state index is 11.7. The number of hydrogen-bond acceptors (Lipinski definition) is 3. The molecule has 1 atom stereocenters. The van der Waals surface area contributed by atoms with Crippen LogP contribution in [0.15, 0.2) is 24.3 Å². The summed E-state index contributed by atoms with van der Waals surface area (Å²) < 4.78 is 11.0. The smallest absolute Gasteiger partial charge is 0.317 e. The molecule has 0 aliphatic carbocycles. The number of rotatable bonds is 10. The molecule has 0 saturated heterocycles. The quantitative estimate of drug-likeness (QED) is 0.510. The Kier molecular flexibility index (Phi) is 9.42. The molecule has 0 saturated carbocycles. The maximum Gasteiger partial charge on any atom is 0.317 e. The molecule has 22 heavy (non-hydrogen) atoms. The van der Waals surface area contributed by atoms with Crippen molar-refractivity contribution in [1.29, 1.82) is 0 Å². The number of halogens is 1. The average Bonchev–Trinajstić information content (AvgIpc) is 2.48. The number of carbonyl (C=O) groups excluding carboxylic acids is 1. The van der Waals surface area contributed by atoms with Crippen LogP contribution >= 0.6 is 11.6 Å². The number of carbonyl (C=O) groups is 1. The minimum atomic E-state index is -0.429. The van der Waals surface area contributed by atoms with Crippen LogP contribution in [0.25, 0.3) is 0 Å². The highest BCUT2D eigenvalue weighted by Crippen LogP contribution is 2.16. The lowest BCUT2D eigenvalue weighted by Crippen LogP contribution is -2.43.